The molecule has 0 radical (unpaired) electrons. The van der Waals surface area contributed by atoms with Crippen molar-refractivity contribution in [3.63, 3.8) is 0 Å². The van der Waals surface area contributed by atoms with Gasteiger partial charge in [0.15, 0.2) is 0 Å². The average Bonchev–Trinajstić information content (AvgIpc) is 3.17. The second kappa shape index (κ2) is 6.54. The van der Waals surface area contributed by atoms with Crippen LogP contribution >= 0.6 is 0 Å². The van der Waals surface area contributed by atoms with E-state index < -0.39 is 0 Å². The normalized spacial score (nSPS) is 21.3. The number of ether oxygens (including phenoxy) is 1. The number of carbonyl (C=O) groups excluding carboxylic acids is 1. The number of hydrogen-bond acceptors (Lipinski definition) is 3. The fraction of sp³-hybridized carbons (Fsp3) is 0.375. The van der Waals surface area contributed by atoms with Gasteiger partial charge in [0.2, 0.25) is 5.91 Å². The highest BCUT2D eigenvalue weighted by Crippen LogP contribution is 2.33. The van der Waals surface area contributed by atoms with Crippen LogP contribution in [0.1, 0.15) is 23.8 Å². The summed E-state index contributed by atoms with van der Waals surface area (Å²) in [6, 6.07) is 12.0. The van der Waals surface area contributed by atoms with Crippen LogP contribution in [0.3, 0.4) is 0 Å². The maximum absolute atomic E-state index is 11.9. The Labute approximate surface area is 123 Å². The summed E-state index contributed by atoms with van der Waals surface area (Å²) in [5, 5.41) is 9.63. The van der Waals surface area contributed by atoms with Crippen LogP contribution in [0.4, 0.5) is 0 Å². The number of amides is 1. The first-order chi connectivity index (χ1) is 10.3. The van der Waals surface area contributed by atoms with Gasteiger partial charge in [0, 0.05) is 31.0 Å². The molecule has 0 bridgehead atoms. The second-order valence-corrected chi connectivity index (χ2v) is 5.31. The molecule has 1 aromatic carbocycles. The van der Waals surface area contributed by atoms with Crippen molar-refractivity contribution < 1.29 is 9.53 Å². The first-order valence-corrected chi connectivity index (χ1v) is 7.24. The van der Waals surface area contributed by atoms with Gasteiger partial charge in [0.05, 0.1) is 12.5 Å². The number of nitrogens with zero attached hydrogens (tertiary/aromatic N) is 1. The van der Waals surface area contributed by atoms with Crippen molar-refractivity contribution in [2.24, 2.45) is 5.92 Å². The Balaban J connectivity index is 1.53. The second-order valence-electron chi connectivity index (χ2n) is 5.31. The minimum atomic E-state index is 0.0120. The molecule has 1 amide bonds. The Hall–Kier alpha value is -2.14. The number of rotatable bonds is 5. The minimum Gasteiger partial charge on any atom is -0.373 e. The van der Waals surface area contributed by atoms with E-state index in [9.17, 15) is 4.79 Å². The van der Waals surface area contributed by atoms with Crippen molar-refractivity contribution in [3.8, 4) is 0 Å². The molecule has 1 aromatic heterocycles. The lowest BCUT2D eigenvalue weighted by atomic mass is 9.95. The van der Waals surface area contributed by atoms with Crippen LogP contribution in [0.25, 0.3) is 0 Å². The van der Waals surface area contributed by atoms with Gasteiger partial charge < -0.3 is 10.1 Å². The molecule has 1 aliphatic rings. The van der Waals surface area contributed by atoms with Crippen molar-refractivity contribution in [2.45, 2.75) is 18.9 Å². The summed E-state index contributed by atoms with van der Waals surface area (Å²) in [4.78, 5) is 11.9. The Kier molecular flexibility index (Phi) is 4.31. The lowest BCUT2D eigenvalue weighted by Crippen LogP contribution is -2.31. The van der Waals surface area contributed by atoms with E-state index >= 15 is 0 Å². The highest BCUT2D eigenvalue weighted by Gasteiger charge is 2.29. The quantitative estimate of drug-likeness (QED) is 0.881. The third-order valence-corrected chi connectivity index (χ3v) is 3.81. The molecular weight excluding hydrogens is 266 g/mol. The van der Waals surface area contributed by atoms with Crippen LogP contribution in [0.5, 0.6) is 0 Å². The summed E-state index contributed by atoms with van der Waals surface area (Å²) in [5.41, 5.74) is 2.01. The van der Waals surface area contributed by atoms with Gasteiger partial charge in [-0.05, 0) is 18.1 Å². The molecule has 21 heavy (non-hydrogen) atoms. The lowest BCUT2D eigenvalue weighted by Gasteiger charge is -2.19. The van der Waals surface area contributed by atoms with Gasteiger partial charge in [-0.15, -0.1) is 0 Å². The highest BCUT2D eigenvalue weighted by atomic mass is 16.5. The fourth-order valence-electron chi connectivity index (χ4n) is 2.72. The summed E-state index contributed by atoms with van der Waals surface area (Å²) >= 11 is 0. The van der Waals surface area contributed by atoms with Crippen LogP contribution in [-0.4, -0.2) is 29.3 Å². The summed E-state index contributed by atoms with van der Waals surface area (Å²) in [6.45, 7) is 1.40. The summed E-state index contributed by atoms with van der Waals surface area (Å²) in [7, 11) is 0. The van der Waals surface area contributed by atoms with Crippen LogP contribution in [0.2, 0.25) is 0 Å². The highest BCUT2D eigenvalue weighted by molar-refractivity contribution is 5.78. The van der Waals surface area contributed by atoms with Crippen molar-refractivity contribution >= 4 is 5.91 Å². The first-order valence-electron chi connectivity index (χ1n) is 7.24. The Morgan fingerprint density at radius 1 is 1.33 bits per heavy atom. The van der Waals surface area contributed by atoms with E-state index in [0.717, 1.165) is 18.7 Å². The third kappa shape index (κ3) is 3.49. The molecule has 5 heteroatoms. The van der Waals surface area contributed by atoms with Crippen molar-refractivity contribution in [3.05, 3.63) is 53.9 Å². The average molecular weight is 285 g/mol. The Morgan fingerprint density at radius 2 is 2.19 bits per heavy atom. The van der Waals surface area contributed by atoms with E-state index in [1.165, 1.54) is 5.56 Å². The summed E-state index contributed by atoms with van der Waals surface area (Å²) < 4.78 is 5.82. The van der Waals surface area contributed by atoms with Crippen LogP contribution in [0.15, 0.2) is 42.6 Å². The number of nitrogens with one attached hydrogen (secondary N) is 2. The standard InChI is InChI=1S/C16H19N3O2/c20-15(10-14-6-8-18-19-14)17-11-13-7-9-21-16(13)12-4-2-1-3-5-12/h1-6,8,13,16H,7,9-11H2,(H,17,20)(H,18,19)/t13-,16-/m0/s1. The van der Waals surface area contributed by atoms with Gasteiger partial charge in [-0.1, -0.05) is 30.3 Å². The predicted molar refractivity (Wildman–Crippen MR) is 78.5 cm³/mol. The molecule has 0 saturated carbocycles. The van der Waals surface area contributed by atoms with Crippen LogP contribution < -0.4 is 5.32 Å². The van der Waals surface area contributed by atoms with Gasteiger partial charge in [0.1, 0.15) is 0 Å². The van der Waals surface area contributed by atoms with E-state index in [1.54, 1.807) is 6.20 Å². The zero-order valence-electron chi connectivity index (χ0n) is 11.8. The first kappa shape index (κ1) is 13.8. The molecule has 1 aliphatic heterocycles. The largest absolute Gasteiger partial charge is 0.373 e. The molecule has 2 aromatic rings. The van der Waals surface area contributed by atoms with Crippen molar-refractivity contribution in [1.82, 2.24) is 15.5 Å². The summed E-state index contributed by atoms with van der Waals surface area (Å²) in [5.74, 6) is 0.344. The van der Waals surface area contributed by atoms with Crippen molar-refractivity contribution in [2.75, 3.05) is 13.2 Å². The monoisotopic (exact) mass is 285 g/mol. The SMILES string of the molecule is O=C(Cc1ccn[nH]1)NC[C@@H]1CCO[C@H]1c1ccccc1. The molecule has 3 rings (SSSR count). The molecule has 5 nitrogen and oxygen atoms in total. The molecule has 0 unspecified atom stereocenters. The number of benzene rings is 1. The Bertz CT molecular complexity index is 568. The molecule has 2 atom stereocenters. The number of carbonyl (C=O) groups is 1. The molecule has 110 valence electrons. The molecule has 1 fully saturated rings. The third-order valence-electron chi connectivity index (χ3n) is 3.81. The van der Waals surface area contributed by atoms with Gasteiger partial charge >= 0.3 is 0 Å². The van der Waals surface area contributed by atoms with E-state index in [-0.39, 0.29) is 12.0 Å². The van der Waals surface area contributed by atoms with Crippen LogP contribution in [-0.2, 0) is 16.0 Å². The topological polar surface area (TPSA) is 67.0 Å². The van der Waals surface area contributed by atoms with Crippen molar-refractivity contribution in [1.29, 1.82) is 0 Å². The molecule has 0 spiro atoms. The molecule has 2 heterocycles. The number of H-pyrrole nitrogens is 1. The maximum Gasteiger partial charge on any atom is 0.226 e. The van der Waals surface area contributed by atoms with E-state index in [1.807, 2.05) is 24.3 Å². The van der Waals surface area contributed by atoms with E-state index in [0.29, 0.717) is 18.9 Å². The maximum atomic E-state index is 11.9. The van der Waals surface area contributed by atoms with Gasteiger partial charge in [-0.25, -0.2) is 0 Å². The van der Waals surface area contributed by atoms with Gasteiger partial charge in [0.25, 0.3) is 0 Å². The lowest BCUT2D eigenvalue weighted by molar-refractivity contribution is -0.120. The number of aromatic nitrogens is 2. The van der Waals surface area contributed by atoms with Gasteiger partial charge in [-0.2, -0.15) is 5.10 Å². The zero-order chi connectivity index (χ0) is 14.5. The minimum absolute atomic E-state index is 0.0120. The molecule has 1 saturated heterocycles. The van der Waals surface area contributed by atoms with Crippen LogP contribution in [0, 0.1) is 5.92 Å². The summed E-state index contributed by atoms with van der Waals surface area (Å²) in [6.07, 6.45) is 3.05. The number of aromatic amines is 1. The van der Waals surface area contributed by atoms with E-state index in [4.69, 9.17) is 4.74 Å². The molecule has 2 N–H and O–H groups in total. The number of hydrogen-bond donors (Lipinski definition) is 2. The predicted octanol–water partition coefficient (Wildman–Crippen LogP) is 1.85. The van der Waals surface area contributed by atoms with E-state index in [2.05, 4.69) is 27.6 Å². The molecular formula is C16H19N3O2. The zero-order valence-corrected chi connectivity index (χ0v) is 11.8. The molecule has 0 aliphatic carbocycles. The fourth-order valence-corrected chi connectivity index (χ4v) is 2.72. The Morgan fingerprint density at radius 3 is 2.95 bits per heavy atom. The van der Waals surface area contributed by atoms with Gasteiger partial charge in [-0.3, -0.25) is 9.89 Å². The smallest absolute Gasteiger partial charge is 0.226 e.